The van der Waals surface area contributed by atoms with E-state index in [-0.39, 0.29) is 17.1 Å². The number of alkyl halides is 3. The minimum Gasteiger partial charge on any atom is -0.236 e. The molecule has 0 saturated heterocycles. The van der Waals surface area contributed by atoms with E-state index in [9.17, 15) is 13.2 Å². The molecular formula is C20H14F3FeIN2+2. The fourth-order valence-electron chi connectivity index (χ4n) is 2.43. The molecule has 2 aliphatic rings. The first-order valence-corrected chi connectivity index (χ1v) is 8.84. The first-order chi connectivity index (χ1) is 12.5. The third-order valence-corrected chi connectivity index (χ3v) is 4.44. The second-order valence-electron chi connectivity index (χ2n) is 5.43. The maximum atomic E-state index is 12.6. The number of halogens is 4. The monoisotopic (exact) mass is 522 g/mol. The summed E-state index contributed by atoms with van der Waals surface area (Å²) in [6, 6.07) is 4.99. The normalized spacial score (nSPS) is 17.3. The van der Waals surface area contributed by atoms with Crippen LogP contribution >= 0.6 is 22.6 Å². The molecule has 138 valence electrons. The maximum Gasteiger partial charge on any atom is 2.00 e. The SMILES string of the molecule is FC(F)(F)c1ccc(-n2ncc(I)c2[C]2[CH][CH][CH][CH]2)cc1.[CH]1[CH][CH][CH][CH]1.[Fe+2]. The van der Waals surface area contributed by atoms with Crippen LogP contribution in [0.15, 0.2) is 30.5 Å². The summed E-state index contributed by atoms with van der Waals surface area (Å²) in [5.74, 6) is 0.983. The topological polar surface area (TPSA) is 17.8 Å². The predicted molar refractivity (Wildman–Crippen MR) is 102 cm³/mol. The Morgan fingerprint density at radius 2 is 1.33 bits per heavy atom. The van der Waals surface area contributed by atoms with Gasteiger partial charge in [0, 0.05) is 5.92 Å². The number of rotatable bonds is 2. The molecule has 2 aliphatic carbocycles. The molecule has 0 unspecified atom stereocenters. The largest absolute Gasteiger partial charge is 2.00 e. The molecule has 10 radical (unpaired) electrons. The Bertz CT molecular complexity index is 695. The summed E-state index contributed by atoms with van der Waals surface area (Å²) in [5, 5.41) is 4.26. The zero-order valence-corrected chi connectivity index (χ0v) is 17.1. The Hall–Kier alpha value is -0.531. The molecule has 0 amide bonds. The zero-order valence-electron chi connectivity index (χ0n) is 13.8. The Kier molecular flexibility index (Phi) is 8.68. The summed E-state index contributed by atoms with van der Waals surface area (Å²) in [7, 11) is 0. The first kappa shape index (κ1) is 22.8. The number of hydrogen-bond acceptors (Lipinski definition) is 1. The maximum absolute atomic E-state index is 12.6. The van der Waals surface area contributed by atoms with Gasteiger partial charge in [0.2, 0.25) is 0 Å². The van der Waals surface area contributed by atoms with Crippen LogP contribution in [-0.4, -0.2) is 9.78 Å². The molecule has 1 aromatic carbocycles. The van der Waals surface area contributed by atoms with Gasteiger partial charge in [0.25, 0.3) is 0 Å². The first-order valence-electron chi connectivity index (χ1n) is 7.77. The summed E-state index contributed by atoms with van der Waals surface area (Å²) in [6.07, 6.45) is 15.1. The average Bonchev–Trinajstić information content (AvgIpc) is 3.37. The van der Waals surface area contributed by atoms with Crippen LogP contribution in [0.5, 0.6) is 0 Å². The molecule has 4 rings (SSSR count). The second kappa shape index (κ2) is 10.3. The van der Waals surface area contributed by atoms with Crippen molar-refractivity contribution in [3.05, 3.63) is 109 Å². The van der Waals surface area contributed by atoms with Gasteiger partial charge in [-0.2, -0.15) is 18.3 Å². The third kappa shape index (κ3) is 5.97. The quantitative estimate of drug-likeness (QED) is 0.389. The molecule has 27 heavy (non-hydrogen) atoms. The fraction of sp³-hybridized carbons (Fsp3) is 0.0500. The van der Waals surface area contributed by atoms with Gasteiger partial charge in [0.1, 0.15) is 0 Å². The van der Waals surface area contributed by atoms with Crippen molar-refractivity contribution in [3.8, 4) is 5.69 Å². The van der Waals surface area contributed by atoms with Crippen LogP contribution in [-0.2, 0) is 23.2 Å². The van der Waals surface area contributed by atoms with Crippen LogP contribution in [0.4, 0.5) is 13.2 Å². The van der Waals surface area contributed by atoms with E-state index in [0.717, 1.165) is 27.3 Å². The Balaban J connectivity index is 0.000000379. The summed E-state index contributed by atoms with van der Waals surface area (Å²) >= 11 is 2.17. The van der Waals surface area contributed by atoms with Crippen molar-refractivity contribution in [2.45, 2.75) is 6.18 Å². The standard InChI is InChI=1S/C15H9F3IN2.C5H5.Fe/c16-15(17,18)11-5-7-12(8-6-11)21-14(13(19)9-20-21)10-3-1-2-4-10;1-2-4-5-3-1;/h1-9H;1-5H;/q;;+2. The van der Waals surface area contributed by atoms with Crippen LogP contribution in [0, 0.1) is 67.3 Å². The smallest absolute Gasteiger partial charge is 0.236 e. The van der Waals surface area contributed by atoms with Gasteiger partial charge in [-0.3, -0.25) is 0 Å². The van der Waals surface area contributed by atoms with E-state index in [4.69, 9.17) is 0 Å². The minimum atomic E-state index is -4.33. The molecule has 7 heteroatoms. The molecule has 1 aromatic heterocycles. The number of nitrogens with zero attached hydrogens (tertiary/aromatic N) is 2. The van der Waals surface area contributed by atoms with Crippen LogP contribution in [0.1, 0.15) is 11.3 Å². The van der Waals surface area contributed by atoms with Crippen molar-refractivity contribution >= 4 is 22.6 Å². The van der Waals surface area contributed by atoms with Crippen LogP contribution in [0.2, 0.25) is 0 Å². The van der Waals surface area contributed by atoms with Gasteiger partial charge in [-0.1, -0.05) is 0 Å². The summed E-state index contributed by atoms with van der Waals surface area (Å²) < 4.78 is 40.4. The number of hydrogen-bond donors (Lipinski definition) is 0. The molecule has 2 saturated carbocycles. The molecule has 2 aromatic rings. The van der Waals surface area contributed by atoms with E-state index in [1.807, 2.05) is 57.8 Å². The van der Waals surface area contributed by atoms with Crippen molar-refractivity contribution in [1.29, 1.82) is 0 Å². The van der Waals surface area contributed by atoms with Crippen LogP contribution in [0.3, 0.4) is 0 Å². The summed E-state index contributed by atoms with van der Waals surface area (Å²) in [5.41, 5.74) is 0.811. The van der Waals surface area contributed by atoms with E-state index in [0.29, 0.717) is 5.69 Å². The van der Waals surface area contributed by atoms with Crippen molar-refractivity contribution in [2.24, 2.45) is 0 Å². The molecule has 0 bridgehead atoms. The van der Waals surface area contributed by atoms with Crippen LogP contribution < -0.4 is 0 Å². The number of benzene rings is 1. The molecule has 0 N–H and O–H groups in total. The van der Waals surface area contributed by atoms with Crippen molar-refractivity contribution in [3.63, 3.8) is 0 Å². The fourth-order valence-corrected chi connectivity index (χ4v) is 3.09. The molecule has 2 nitrogen and oxygen atoms in total. The number of aromatic nitrogens is 2. The van der Waals surface area contributed by atoms with E-state index in [1.54, 1.807) is 10.9 Å². The molecule has 2 fully saturated rings. The molecule has 0 atom stereocenters. The molecular weight excluding hydrogens is 508 g/mol. The van der Waals surface area contributed by atoms with Gasteiger partial charge >= 0.3 is 23.2 Å². The Morgan fingerprint density at radius 3 is 1.81 bits per heavy atom. The summed E-state index contributed by atoms with van der Waals surface area (Å²) in [6.45, 7) is 0. The van der Waals surface area contributed by atoms with Gasteiger partial charge in [-0.25, -0.2) is 4.68 Å². The van der Waals surface area contributed by atoms with Gasteiger partial charge in [-0.05, 0) is 105 Å². The van der Waals surface area contributed by atoms with E-state index in [2.05, 4.69) is 27.7 Å². The molecule has 0 spiro atoms. The van der Waals surface area contributed by atoms with Crippen molar-refractivity contribution in [1.82, 2.24) is 9.78 Å². The zero-order chi connectivity index (χ0) is 18.6. The minimum absolute atomic E-state index is 0. The summed E-state index contributed by atoms with van der Waals surface area (Å²) in [4.78, 5) is 0. The van der Waals surface area contributed by atoms with Gasteiger partial charge in [-0.15, -0.1) is 0 Å². The van der Waals surface area contributed by atoms with Crippen molar-refractivity contribution in [2.75, 3.05) is 0 Å². The van der Waals surface area contributed by atoms with E-state index in [1.165, 1.54) is 12.1 Å². The third-order valence-electron chi connectivity index (χ3n) is 3.66. The van der Waals surface area contributed by atoms with E-state index < -0.39 is 11.7 Å². The average molecular weight is 522 g/mol. The van der Waals surface area contributed by atoms with Gasteiger partial charge in [0.05, 0.1) is 26.7 Å². The molecule has 1 heterocycles. The Labute approximate surface area is 182 Å². The van der Waals surface area contributed by atoms with Crippen molar-refractivity contribution < 1.29 is 30.2 Å². The molecule has 0 aliphatic heterocycles. The predicted octanol–water partition coefficient (Wildman–Crippen LogP) is 5.27. The Morgan fingerprint density at radius 1 is 0.815 bits per heavy atom. The van der Waals surface area contributed by atoms with Gasteiger partial charge < -0.3 is 0 Å². The van der Waals surface area contributed by atoms with Crippen LogP contribution in [0.25, 0.3) is 5.69 Å². The second-order valence-corrected chi connectivity index (χ2v) is 6.60. The van der Waals surface area contributed by atoms with Gasteiger partial charge in [0.15, 0.2) is 0 Å². The van der Waals surface area contributed by atoms with E-state index >= 15 is 0 Å².